The molecule has 0 N–H and O–H groups in total. The minimum atomic E-state index is 0.0813. The van der Waals surface area contributed by atoms with Crippen molar-refractivity contribution in [2.24, 2.45) is 0 Å². The summed E-state index contributed by atoms with van der Waals surface area (Å²) in [6.07, 6.45) is 3.44. The quantitative estimate of drug-likeness (QED) is 0.862. The van der Waals surface area contributed by atoms with Gasteiger partial charge < -0.3 is 4.90 Å². The van der Waals surface area contributed by atoms with Gasteiger partial charge in [0.1, 0.15) is 0 Å². The second-order valence-corrected chi connectivity index (χ2v) is 7.37. The van der Waals surface area contributed by atoms with Gasteiger partial charge in [-0.15, -0.1) is 11.3 Å². The number of carbonyl (C=O) groups excluding carboxylic acids is 1. The first-order valence-electron chi connectivity index (χ1n) is 8.04. The largest absolute Gasteiger partial charge is 0.337 e. The zero-order valence-electron chi connectivity index (χ0n) is 13.6. The molecule has 118 valence electrons. The van der Waals surface area contributed by atoms with Crippen LogP contribution in [0.3, 0.4) is 0 Å². The standard InChI is InChI=1S/C17H23N3OS/c1-4-20-16(14-10-12(2)22-13(14)3)11-15(18-20)17(21)19-8-6-5-7-9-19/h10-11H,4-9H2,1-3H3. The maximum absolute atomic E-state index is 12.7. The van der Waals surface area contributed by atoms with Crippen LogP contribution in [0.5, 0.6) is 0 Å². The molecule has 0 saturated carbocycles. The Hall–Kier alpha value is -1.62. The molecular weight excluding hydrogens is 294 g/mol. The normalized spacial score (nSPS) is 15.3. The van der Waals surface area contributed by atoms with Crippen molar-refractivity contribution in [3.05, 3.63) is 27.6 Å². The molecule has 0 aliphatic carbocycles. The molecule has 5 heteroatoms. The molecule has 22 heavy (non-hydrogen) atoms. The van der Waals surface area contributed by atoms with Crippen LogP contribution < -0.4 is 0 Å². The van der Waals surface area contributed by atoms with E-state index in [1.54, 1.807) is 11.3 Å². The highest BCUT2D eigenvalue weighted by Crippen LogP contribution is 2.31. The van der Waals surface area contributed by atoms with Gasteiger partial charge in [-0.25, -0.2) is 0 Å². The predicted octanol–water partition coefficient (Wildman–Crippen LogP) is 3.87. The van der Waals surface area contributed by atoms with Crippen LogP contribution in [0, 0.1) is 13.8 Å². The fourth-order valence-electron chi connectivity index (χ4n) is 3.12. The summed E-state index contributed by atoms with van der Waals surface area (Å²) in [7, 11) is 0. The molecule has 3 rings (SSSR count). The Morgan fingerprint density at radius 1 is 1.23 bits per heavy atom. The third-order valence-corrected chi connectivity index (χ3v) is 5.22. The second-order valence-electron chi connectivity index (χ2n) is 5.91. The zero-order chi connectivity index (χ0) is 15.7. The van der Waals surface area contributed by atoms with E-state index in [1.807, 2.05) is 15.6 Å². The summed E-state index contributed by atoms with van der Waals surface area (Å²) in [6, 6.07) is 4.16. The van der Waals surface area contributed by atoms with E-state index in [0.29, 0.717) is 5.69 Å². The van der Waals surface area contributed by atoms with Gasteiger partial charge in [-0.1, -0.05) is 0 Å². The molecule has 0 bridgehead atoms. The summed E-state index contributed by atoms with van der Waals surface area (Å²) in [5, 5.41) is 4.56. The van der Waals surface area contributed by atoms with Crippen molar-refractivity contribution < 1.29 is 4.79 Å². The van der Waals surface area contributed by atoms with E-state index in [4.69, 9.17) is 0 Å². The molecule has 1 aliphatic rings. The van der Waals surface area contributed by atoms with Crippen molar-refractivity contribution in [2.75, 3.05) is 13.1 Å². The number of thiophene rings is 1. The van der Waals surface area contributed by atoms with Crippen molar-refractivity contribution in [1.29, 1.82) is 0 Å². The van der Waals surface area contributed by atoms with Gasteiger partial charge in [-0.3, -0.25) is 9.48 Å². The third-order valence-electron chi connectivity index (χ3n) is 4.26. The molecule has 1 amide bonds. The first-order valence-corrected chi connectivity index (χ1v) is 8.86. The number of likely N-dealkylation sites (tertiary alicyclic amines) is 1. The Kier molecular flexibility index (Phi) is 4.34. The summed E-state index contributed by atoms with van der Waals surface area (Å²) in [6.45, 7) is 8.82. The topological polar surface area (TPSA) is 38.1 Å². The van der Waals surface area contributed by atoms with Crippen LogP contribution in [0.4, 0.5) is 0 Å². The molecule has 0 aromatic carbocycles. The molecule has 1 saturated heterocycles. The Morgan fingerprint density at radius 3 is 2.55 bits per heavy atom. The Morgan fingerprint density at radius 2 is 1.95 bits per heavy atom. The van der Waals surface area contributed by atoms with E-state index in [1.165, 1.54) is 21.7 Å². The lowest BCUT2D eigenvalue weighted by molar-refractivity contribution is 0.0717. The summed E-state index contributed by atoms with van der Waals surface area (Å²) in [5.74, 6) is 0.0813. The lowest BCUT2D eigenvalue weighted by atomic mass is 10.1. The number of rotatable bonds is 3. The van der Waals surface area contributed by atoms with Gasteiger partial charge in [0.15, 0.2) is 5.69 Å². The number of hydrogen-bond acceptors (Lipinski definition) is 3. The number of nitrogens with zero attached hydrogens (tertiary/aromatic N) is 3. The van der Waals surface area contributed by atoms with Crippen molar-refractivity contribution in [2.45, 2.75) is 46.6 Å². The summed E-state index contributed by atoms with van der Waals surface area (Å²) < 4.78 is 1.95. The number of aryl methyl sites for hydroxylation is 3. The van der Waals surface area contributed by atoms with Gasteiger partial charge in [0, 0.05) is 35.0 Å². The summed E-state index contributed by atoms with van der Waals surface area (Å²) in [5.41, 5.74) is 2.85. The molecule has 0 radical (unpaired) electrons. The van der Waals surface area contributed by atoms with Crippen LogP contribution in [0.25, 0.3) is 11.3 Å². The fourth-order valence-corrected chi connectivity index (χ4v) is 4.06. The van der Waals surface area contributed by atoms with E-state index in [0.717, 1.165) is 38.2 Å². The average Bonchev–Trinajstić information content (AvgIpc) is 3.10. The first-order chi connectivity index (χ1) is 10.6. The molecule has 0 atom stereocenters. The van der Waals surface area contributed by atoms with Gasteiger partial charge in [-0.05, 0) is 52.2 Å². The second kappa shape index (κ2) is 6.24. The first kappa shape index (κ1) is 15.3. The van der Waals surface area contributed by atoms with Crippen molar-refractivity contribution >= 4 is 17.2 Å². The van der Waals surface area contributed by atoms with E-state index < -0.39 is 0 Å². The minimum Gasteiger partial charge on any atom is -0.337 e. The lowest BCUT2D eigenvalue weighted by Gasteiger charge is -2.25. The van der Waals surface area contributed by atoms with Crippen LogP contribution in [-0.2, 0) is 6.54 Å². The van der Waals surface area contributed by atoms with Gasteiger partial charge in [-0.2, -0.15) is 5.10 Å². The number of aromatic nitrogens is 2. The van der Waals surface area contributed by atoms with Crippen molar-refractivity contribution in [1.82, 2.24) is 14.7 Å². The molecule has 1 fully saturated rings. The molecule has 2 aromatic rings. The maximum Gasteiger partial charge on any atom is 0.274 e. The minimum absolute atomic E-state index is 0.0813. The molecule has 0 unspecified atom stereocenters. The number of piperidine rings is 1. The molecule has 4 nitrogen and oxygen atoms in total. The van der Waals surface area contributed by atoms with E-state index in [9.17, 15) is 4.79 Å². The molecular formula is C17H23N3OS. The summed E-state index contributed by atoms with van der Waals surface area (Å²) >= 11 is 1.79. The SMILES string of the molecule is CCn1nc(C(=O)N2CCCCC2)cc1-c1cc(C)sc1C. The summed E-state index contributed by atoms with van der Waals surface area (Å²) in [4.78, 5) is 17.2. The number of hydrogen-bond donors (Lipinski definition) is 0. The third kappa shape index (κ3) is 2.82. The van der Waals surface area contributed by atoms with E-state index in [2.05, 4.69) is 31.9 Å². The molecule has 2 aromatic heterocycles. The highest BCUT2D eigenvalue weighted by molar-refractivity contribution is 7.12. The van der Waals surface area contributed by atoms with Gasteiger partial charge in [0.2, 0.25) is 0 Å². The van der Waals surface area contributed by atoms with E-state index >= 15 is 0 Å². The predicted molar refractivity (Wildman–Crippen MR) is 90.4 cm³/mol. The van der Waals surface area contributed by atoms with E-state index in [-0.39, 0.29) is 5.91 Å². The average molecular weight is 317 g/mol. The van der Waals surface area contributed by atoms with Crippen LogP contribution in [-0.4, -0.2) is 33.7 Å². The molecule has 1 aliphatic heterocycles. The van der Waals surface area contributed by atoms with Crippen LogP contribution in [0.15, 0.2) is 12.1 Å². The van der Waals surface area contributed by atoms with Crippen molar-refractivity contribution in [3.63, 3.8) is 0 Å². The van der Waals surface area contributed by atoms with Gasteiger partial charge in [0.05, 0.1) is 5.69 Å². The van der Waals surface area contributed by atoms with Crippen LogP contribution in [0.2, 0.25) is 0 Å². The fraction of sp³-hybridized carbons (Fsp3) is 0.529. The zero-order valence-corrected chi connectivity index (χ0v) is 14.4. The Balaban J connectivity index is 1.94. The molecule has 3 heterocycles. The maximum atomic E-state index is 12.7. The van der Waals surface area contributed by atoms with Gasteiger partial charge in [0.25, 0.3) is 5.91 Å². The van der Waals surface area contributed by atoms with Gasteiger partial charge >= 0.3 is 0 Å². The highest BCUT2D eigenvalue weighted by atomic mass is 32.1. The monoisotopic (exact) mass is 317 g/mol. The number of amides is 1. The Labute approximate surface area is 135 Å². The number of carbonyl (C=O) groups is 1. The smallest absolute Gasteiger partial charge is 0.274 e. The Bertz CT molecular complexity index is 680. The molecule has 0 spiro atoms. The van der Waals surface area contributed by atoms with Crippen LogP contribution in [0.1, 0.15) is 46.4 Å². The van der Waals surface area contributed by atoms with Crippen molar-refractivity contribution in [3.8, 4) is 11.3 Å². The highest BCUT2D eigenvalue weighted by Gasteiger charge is 2.23. The van der Waals surface area contributed by atoms with Crippen LogP contribution >= 0.6 is 11.3 Å². The lowest BCUT2D eigenvalue weighted by Crippen LogP contribution is -2.35.